The zero-order chi connectivity index (χ0) is 37.4. The molecule has 302 valence electrons. The molecule has 9 nitrogen and oxygen atoms in total. The highest BCUT2D eigenvalue weighted by Gasteiger charge is 2.44. The molecule has 1 saturated heterocycles. The lowest BCUT2D eigenvalue weighted by Crippen LogP contribution is -2.60. The fourth-order valence-electron chi connectivity index (χ4n) is 6.86. The number of hydrogen-bond donors (Lipinski definition) is 6. The Bertz CT molecular complexity index is 812. The Labute approximate surface area is 312 Å². The van der Waals surface area contributed by atoms with Crippen LogP contribution >= 0.6 is 0 Å². The number of allylic oxidation sites excluding steroid dienone is 1. The van der Waals surface area contributed by atoms with E-state index in [0.29, 0.717) is 6.42 Å². The molecule has 0 aromatic rings. The minimum absolute atomic E-state index is 0.176. The van der Waals surface area contributed by atoms with Gasteiger partial charge in [-0.25, -0.2) is 0 Å². The van der Waals surface area contributed by atoms with Crippen LogP contribution in [0.15, 0.2) is 12.2 Å². The minimum Gasteiger partial charge on any atom is -0.394 e. The van der Waals surface area contributed by atoms with Crippen molar-refractivity contribution in [2.45, 2.75) is 236 Å². The number of unbranched alkanes of at least 4 members (excludes halogenated alkanes) is 25. The second-order valence-corrected chi connectivity index (χ2v) is 15.1. The molecular formula is C42H81NO8. The van der Waals surface area contributed by atoms with Crippen molar-refractivity contribution in [2.75, 3.05) is 13.2 Å². The summed E-state index contributed by atoms with van der Waals surface area (Å²) in [7, 11) is 0. The van der Waals surface area contributed by atoms with Crippen molar-refractivity contribution in [2.24, 2.45) is 0 Å². The number of rotatable bonds is 35. The fourth-order valence-corrected chi connectivity index (χ4v) is 6.86. The molecule has 1 heterocycles. The van der Waals surface area contributed by atoms with Gasteiger partial charge in [-0.1, -0.05) is 180 Å². The maximum Gasteiger partial charge on any atom is 0.220 e. The van der Waals surface area contributed by atoms with Crippen LogP contribution in [0.5, 0.6) is 0 Å². The van der Waals surface area contributed by atoms with Crippen LogP contribution in [-0.4, -0.2) is 87.5 Å². The summed E-state index contributed by atoms with van der Waals surface area (Å²) in [5.74, 6) is -0.176. The first-order chi connectivity index (χ1) is 24.8. The van der Waals surface area contributed by atoms with Crippen LogP contribution in [0.4, 0.5) is 0 Å². The molecule has 9 heteroatoms. The second kappa shape index (κ2) is 33.5. The van der Waals surface area contributed by atoms with Gasteiger partial charge in [-0.15, -0.1) is 0 Å². The zero-order valence-electron chi connectivity index (χ0n) is 32.9. The molecule has 7 atom stereocenters. The van der Waals surface area contributed by atoms with Crippen LogP contribution in [-0.2, 0) is 14.3 Å². The Hall–Kier alpha value is -1.07. The van der Waals surface area contributed by atoms with E-state index in [1.54, 1.807) is 6.08 Å². The second-order valence-electron chi connectivity index (χ2n) is 15.1. The molecule has 6 N–H and O–H groups in total. The molecule has 1 aliphatic rings. The van der Waals surface area contributed by atoms with Crippen LogP contribution < -0.4 is 5.32 Å². The molecule has 51 heavy (non-hydrogen) atoms. The summed E-state index contributed by atoms with van der Waals surface area (Å²) in [6, 6.07) is -0.797. The summed E-state index contributed by atoms with van der Waals surface area (Å²) in [6.45, 7) is 3.76. The van der Waals surface area contributed by atoms with Crippen molar-refractivity contribution in [1.82, 2.24) is 5.32 Å². The highest BCUT2D eigenvalue weighted by atomic mass is 16.7. The molecule has 1 fully saturated rings. The molecule has 0 aromatic carbocycles. The smallest absolute Gasteiger partial charge is 0.220 e. The number of carbonyl (C=O) groups is 1. The van der Waals surface area contributed by atoms with E-state index in [0.717, 1.165) is 38.5 Å². The number of aliphatic hydroxyl groups is 5. The van der Waals surface area contributed by atoms with Gasteiger partial charge in [0.2, 0.25) is 5.91 Å². The van der Waals surface area contributed by atoms with Gasteiger partial charge in [0.1, 0.15) is 24.4 Å². The molecular weight excluding hydrogens is 646 g/mol. The van der Waals surface area contributed by atoms with E-state index in [1.807, 2.05) is 6.08 Å². The summed E-state index contributed by atoms with van der Waals surface area (Å²) >= 11 is 0. The lowest BCUT2D eigenvalue weighted by Gasteiger charge is -2.40. The first-order valence-corrected chi connectivity index (χ1v) is 21.4. The fraction of sp³-hybridized carbons (Fsp3) is 0.929. The third-order valence-electron chi connectivity index (χ3n) is 10.4. The van der Waals surface area contributed by atoms with E-state index in [4.69, 9.17) is 9.47 Å². The van der Waals surface area contributed by atoms with Crippen LogP contribution in [0.2, 0.25) is 0 Å². The average molecular weight is 728 g/mol. The van der Waals surface area contributed by atoms with Crippen molar-refractivity contribution < 1.29 is 39.8 Å². The van der Waals surface area contributed by atoms with Gasteiger partial charge >= 0.3 is 0 Å². The Morgan fingerprint density at radius 1 is 0.647 bits per heavy atom. The molecule has 0 bridgehead atoms. The number of nitrogens with one attached hydrogen (secondary N) is 1. The summed E-state index contributed by atoms with van der Waals surface area (Å²) in [6.07, 6.45) is 29.6. The topological polar surface area (TPSA) is 149 Å². The molecule has 0 saturated carbocycles. The molecule has 0 aliphatic carbocycles. The highest BCUT2D eigenvalue weighted by Crippen LogP contribution is 2.22. The largest absolute Gasteiger partial charge is 0.394 e. The Morgan fingerprint density at radius 2 is 1.08 bits per heavy atom. The summed E-state index contributed by atoms with van der Waals surface area (Å²) < 4.78 is 11.2. The van der Waals surface area contributed by atoms with Crippen LogP contribution in [0.3, 0.4) is 0 Å². The van der Waals surface area contributed by atoms with Crippen molar-refractivity contribution in [3.8, 4) is 0 Å². The number of hydrogen-bond acceptors (Lipinski definition) is 8. The number of carbonyl (C=O) groups excluding carboxylic acids is 1. The molecule has 1 aliphatic heterocycles. The minimum atomic E-state index is -1.56. The Balaban J connectivity index is 2.40. The van der Waals surface area contributed by atoms with Crippen molar-refractivity contribution in [3.63, 3.8) is 0 Å². The molecule has 2 unspecified atom stereocenters. The summed E-state index contributed by atoms with van der Waals surface area (Å²) in [5, 5.41) is 54.0. The maximum absolute atomic E-state index is 12.9. The van der Waals surface area contributed by atoms with Gasteiger partial charge in [0.15, 0.2) is 6.29 Å². The Morgan fingerprint density at radius 3 is 1.53 bits per heavy atom. The van der Waals surface area contributed by atoms with Gasteiger partial charge in [0.25, 0.3) is 0 Å². The average Bonchev–Trinajstić information content (AvgIpc) is 3.13. The van der Waals surface area contributed by atoms with Gasteiger partial charge in [0, 0.05) is 6.42 Å². The van der Waals surface area contributed by atoms with Gasteiger partial charge < -0.3 is 40.3 Å². The lowest BCUT2D eigenvalue weighted by molar-refractivity contribution is -0.302. The quantitative estimate of drug-likeness (QED) is 0.0283. The summed E-state index contributed by atoms with van der Waals surface area (Å²) in [5.41, 5.74) is 0. The van der Waals surface area contributed by atoms with Crippen LogP contribution in [0.25, 0.3) is 0 Å². The summed E-state index contributed by atoms with van der Waals surface area (Å²) in [4.78, 5) is 12.9. The number of amides is 1. The number of aliphatic hydroxyl groups excluding tert-OH is 5. The maximum atomic E-state index is 12.9. The third kappa shape index (κ3) is 24.8. The monoisotopic (exact) mass is 728 g/mol. The van der Waals surface area contributed by atoms with Gasteiger partial charge in [0.05, 0.1) is 25.4 Å². The van der Waals surface area contributed by atoms with Crippen molar-refractivity contribution >= 4 is 5.91 Å². The van der Waals surface area contributed by atoms with E-state index < -0.39 is 49.5 Å². The van der Waals surface area contributed by atoms with Gasteiger partial charge in [-0.2, -0.15) is 0 Å². The van der Waals surface area contributed by atoms with E-state index in [2.05, 4.69) is 19.2 Å². The normalized spacial score (nSPS) is 22.1. The molecule has 1 rings (SSSR count). The van der Waals surface area contributed by atoms with E-state index in [1.165, 1.54) is 135 Å². The molecule has 0 spiro atoms. The predicted octanol–water partition coefficient (Wildman–Crippen LogP) is 8.17. The van der Waals surface area contributed by atoms with Crippen molar-refractivity contribution in [1.29, 1.82) is 0 Å². The highest BCUT2D eigenvalue weighted by molar-refractivity contribution is 5.76. The SMILES string of the molecule is CCCCCCCCCCCCCCC/C=C/[C@@H](O)[C@H](CO[C@@H]1O[C@H](CO)[C@H](O)C(O)C1O)NC(=O)CCCCCCCCCCCCCCC. The predicted molar refractivity (Wildman–Crippen MR) is 207 cm³/mol. The van der Waals surface area contributed by atoms with Gasteiger partial charge in [-0.05, 0) is 19.3 Å². The molecule has 0 radical (unpaired) electrons. The molecule has 1 amide bonds. The molecule has 0 aromatic heterocycles. The number of ether oxygens (including phenoxy) is 2. The lowest BCUT2D eigenvalue weighted by atomic mass is 9.99. The third-order valence-corrected chi connectivity index (χ3v) is 10.4. The van der Waals surface area contributed by atoms with Crippen molar-refractivity contribution in [3.05, 3.63) is 12.2 Å². The first-order valence-electron chi connectivity index (χ1n) is 21.4. The van der Waals surface area contributed by atoms with Crippen LogP contribution in [0.1, 0.15) is 194 Å². The first kappa shape index (κ1) is 48.0. The van der Waals surface area contributed by atoms with Crippen LogP contribution in [0, 0.1) is 0 Å². The van der Waals surface area contributed by atoms with E-state index in [9.17, 15) is 30.3 Å². The zero-order valence-corrected chi connectivity index (χ0v) is 32.9. The standard InChI is InChI=1S/C42H81NO8/c1-3-5-7-9-11-13-15-17-18-20-21-23-25-27-29-31-36(45)35(34-50-42-41(49)40(48)39(47)37(33-44)51-42)43-38(46)32-30-28-26-24-22-19-16-14-12-10-8-6-4-2/h29,31,35-37,39-42,44-45,47-49H,3-28,30,32-34H2,1-2H3,(H,43,46)/b31-29+/t35-,36+,37+,39-,40?,41?,42+/m0/s1. The Kier molecular flexibility index (Phi) is 31.5. The van der Waals surface area contributed by atoms with E-state index >= 15 is 0 Å². The van der Waals surface area contributed by atoms with E-state index in [-0.39, 0.29) is 12.5 Å². The van der Waals surface area contributed by atoms with Gasteiger partial charge in [-0.3, -0.25) is 4.79 Å².